The monoisotopic (exact) mass is 228 g/mol. The van der Waals surface area contributed by atoms with Gasteiger partial charge < -0.3 is 9.52 Å². The van der Waals surface area contributed by atoms with Gasteiger partial charge in [0.2, 0.25) is 0 Å². The average Bonchev–Trinajstić information content (AvgIpc) is 2.79. The van der Waals surface area contributed by atoms with Gasteiger partial charge in [-0.2, -0.15) is 0 Å². The fraction of sp³-hybridized carbons (Fsp3) is 0.308. The summed E-state index contributed by atoms with van der Waals surface area (Å²) in [6.07, 6.45) is 10.1. The fourth-order valence-corrected chi connectivity index (χ4v) is 1.03. The summed E-state index contributed by atoms with van der Waals surface area (Å²) in [6, 6.07) is 3.55. The first kappa shape index (κ1) is 15.8. The van der Waals surface area contributed by atoms with Crippen LogP contribution < -0.4 is 0 Å². The Labute approximate surface area is 111 Å². The van der Waals surface area contributed by atoms with E-state index >= 15 is 0 Å². The van der Waals surface area contributed by atoms with Crippen LogP contribution in [-0.2, 0) is 4.79 Å². The molecule has 1 aromatic heterocycles. The Morgan fingerprint density at radius 2 is 2.29 bits per heavy atom. The number of hydrogen-bond donors (Lipinski definition) is 1. The second-order valence-electron chi connectivity index (χ2n) is 3.43. The third-order valence-corrected chi connectivity index (χ3v) is 1.86. The molecule has 0 aliphatic heterocycles. The average molecular weight is 228 g/mol. The van der Waals surface area contributed by atoms with Crippen molar-refractivity contribution in [2.45, 2.75) is 24.9 Å². The van der Waals surface area contributed by atoms with Gasteiger partial charge in [0.15, 0.2) is 0 Å². The molecule has 0 radical (unpaired) electrons. The molecule has 1 heterocycles. The van der Waals surface area contributed by atoms with E-state index in [1.165, 1.54) is 24.0 Å². The SMILES string of the molecule is O=C(O)/C=C/C=C/c1ccco1.[Li][CH2]CCC. The van der Waals surface area contributed by atoms with Gasteiger partial charge in [-0.25, -0.2) is 4.79 Å². The Hall–Kier alpha value is -1.17. The molecule has 0 unspecified atom stereocenters. The van der Waals surface area contributed by atoms with E-state index in [9.17, 15) is 4.79 Å². The molecule has 0 aliphatic rings. The van der Waals surface area contributed by atoms with Crippen LogP contribution in [0.15, 0.2) is 41.0 Å². The maximum absolute atomic E-state index is 10.0. The van der Waals surface area contributed by atoms with Gasteiger partial charge >= 0.3 is 48.5 Å². The molecular formula is C13H17LiO3. The number of allylic oxidation sites excluding steroid dienone is 2. The fourth-order valence-electron chi connectivity index (χ4n) is 1.03. The molecular weight excluding hydrogens is 211 g/mol. The van der Waals surface area contributed by atoms with E-state index in [1.807, 2.05) is 0 Å². The van der Waals surface area contributed by atoms with E-state index in [1.54, 1.807) is 30.5 Å². The first-order valence-electron chi connectivity index (χ1n) is 5.81. The van der Waals surface area contributed by atoms with E-state index in [0.29, 0.717) is 5.76 Å². The summed E-state index contributed by atoms with van der Waals surface area (Å²) in [5.41, 5.74) is 0. The van der Waals surface area contributed by atoms with Crippen LogP contribution in [0, 0.1) is 0 Å². The quantitative estimate of drug-likeness (QED) is 0.478. The third kappa shape index (κ3) is 11.1. The predicted molar refractivity (Wildman–Crippen MR) is 70.0 cm³/mol. The van der Waals surface area contributed by atoms with Gasteiger partial charge in [-0.1, -0.05) is 12.2 Å². The summed E-state index contributed by atoms with van der Waals surface area (Å²) in [4.78, 5) is 10.0. The van der Waals surface area contributed by atoms with E-state index in [2.05, 4.69) is 24.6 Å². The van der Waals surface area contributed by atoms with E-state index in [4.69, 9.17) is 9.52 Å². The minimum absolute atomic E-state index is 0.699. The van der Waals surface area contributed by atoms with Gasteiger partial charge in [0.05, 0.1) is 6.26 Å². The summed E-state index contributed by atoms with van der Waals surface area (Å²) >= 11 is 2.21. The van der Waals surface area contributed by atoms with Gasteiger partial charge in [0, 0.05) is 6.08 Å². The molecule has 0 aromatic carbocycles. The summed E-state index contributed by atoms with van der Waals surface area (Å²) < 4.78 is 4.97. The van der Waals surface area contributed by atoms with Gasteiger partial charge in [-0.05, 0) is 18.2 Å². The maximum atomic E-state index is 10.0. The number of rotatable bonds is 5. The van der Waals surface area contributed by atoms with Crippen molar-refractivity contribution in [2.75, 3.05) is 0 Å². The van der Waals surface area contributed by atoms with Crippen molar-refractivity contribution < 1.29 is 14.3 Å². The van der Waals surface area contributed by atoms with E-state index < -0.39 is 5.97 Å². The molecule has 0 saturated carbocycles. The standard InChI is InChI=1S/C9H8O3.C4H9.Li/c10-9(11)6-2-1-4-8-5-3-7-12-8;1-3-4-2;/h1-7H,(H,10,11);1,3-4H2,2H3;/b4-1+,6-2+;;. The van der Waals surface area contributed by atoms with Crippen molar-refractivity contribution in [2.24, 2.45) is 0 Å². The van der Waals surface area contributed by atoms with Gasteiger partial charge in [-0.15, -0.1) is 0 Å². The second-order valence-corrected chi connectivity index (χ2v) is 3.43. The van der Waals surface area contributed by atoms with Crippen molar-refractivity contribution in [3.8, 4) is 0 Å². The van der Waals surface area contributed by atoms with Crippen LogP contribution in [0.25, 0.3) is 6.08 Å². The Morgan fingerprint density at radius 3 is 2.71 bits per heavy atom. The topological polar surface area (TPSA) is 50.4 Å². The molecule has 3 nitrogen and oxygen atoms in total. The molecule has 1 N–H and O–H groups in total. The normalized spacial score (nSPS) is 10.5. The minimum atomic E-state index is -0.959. The second kappa shape index (κ2) is 11.3. The zero-order valence-corrected chi connectivity index (χ0v) is 10.4. The number of carboxylic acid groups (broad SMARTS) is 1. The van der Waals surface area contributed by atoms with Gasteiger partial charge in [0.25, 0.3) is 0 Å². The molecule has 0 amide bonds. The Kier molecular flexibility index (Phi) is 10.5. The Bertz CT molecular complexity index is 338. The number of unbranched alkanes of at least 4 members (excludes halogenated alkanes) is 1. The van der Waals surface area contributed by atoms with Crippen molar-refractivity contribution in [1.82, 2.24) is 0 Å². The van der Waals surface area contributed by atoms with Crippen LogP contribution in [0.1, 0.15) is 25.5 Å². The summed E-state index contributed by atoms with van der Waals surface area (Å²) in [5, 5.41) is 9.57. The van der Waals surface area contributed by atoms with Crippen molar-refractivity contribution in [3.05, 3.63) is 42.4 Å². The number of carboxylic acids is 1. The first-order chi connectivity index (χ1) is 8.20. The summed E-state index contributed by atoms with van der Waals surface area (Å²) in [6.45, 7) is 2.21. The Morgan fingerprint density at radius 1 is 1.53 bits per heavy atom. The van der Waals surface area contributed by atoms with Crippen molar-refractivity contribution >= 4 is 29.8 Å². The summed E-state index contributed by atoms with van der Waals surface area (Å²) in [7, 11) is 0. The van der Waals surface area contributed by atoms with Crippen LogP contribution in [0.3, 0.4) is 0 Å². The molecule has 1 rings (SSSR count). The van der Waals surface area contributed by atoms with Crippen LogP contribution in [0.4, 0.5) is 0 Å². The van der Waals surface area contributed by atoms with Crippen LogP contribution in [-0.4, -0.2) is 28.8 Å². The van der Waals surface area contributed by atoms with Crippen LogP contribution in [0.2, 0.25) is 5.09 Å². The molecule has 1 aromatic rings. The van der Waals surface area contributed by atoms with Crippen molar-refractivity contribution in [3.63, 3.8) is 0 Å². The van der Waals surface area contributed by atoms with Crippen LogP contribution in [0.5, 0.6) is 0 Å². The predicted octanol–water partition coefficient (Wildman–Crippen LogP) is 3.31. The van der Waals surface area contributed by atoms with Crippen LogP contribution >= 0.6 is 0 Å². The third-order valence-electron chi connectivity index (χ3n) is 1.86. The molecule has 4 heteroatoms. The molecule has 0 bridgehead atoms. The molecule has 0 atom stereocenters. The van der Waals surface area contributed by atoms with Crippen molar-refractivity contribution in [1.29, 1.82) is 0 Å². The first-order valence-corrected chi connectivity index (χ1v) is 5.81. The van der Waals surface area contributed by atoms with E-state index in [0.717, 1.165) is 6.08 Å². The summed E-state index contributed by atoms with van der Waals surface area (Å²) in [5.74, 6) is -0.260. The van der Waals surface area contributed by atoms with E-state index in [-0.39, 0.29) is 0 Å². The molecule has 88 valence electrons. The molecule has 0 spiro atoms. The zero-order chi connectivity index (χ0) is 12.9. The number of furan rings is 1. The molecule has 0 aliphatic carbocycles. The van der Waals surface area contributed by atoms with Gasteiger partial charge in [-0.3, -0.25) is 0 Å². The molecule has 0 fully saturated rings. The zero-order valence-electron chi connectivity index (χ0n) is 10.4. The molecule has 17 heavy (non-hydrogen) atoms. The molecule has 0 saturated heterocycles. The van der Waals surface area contributed by atoms with Gasteiger partial charge in [0.1, 0.15) is 5.76 Å². The number of carbonyl (C=O) groups is 1. The Balaban J connectivity index is 0.000000437. The number of aliphatic carboxylic acids is 1. The number of hydrogen-bond acceptors (Lipinski definition) is 2.